The van der Waals surface area contributed by atoms with E-state index in [0.29, 0.717) is 24.2 Å². The van der Waals surface area contributed by atoms with Crippen LogP contribution in [0.15, 0.2) is 59.0 Å². The molecule has 1 saturated heterocycles. The fourth-order valence-electron chi connectivity index (χ4n) is 4.98. The third-order valence-electron chi connectivity index (χ3n) is 6.81. The number of para-hydroxylation sites is 1. The van der Waals surface area contributed by atoms with Crippen molar-refractivity contribution in [2.75, 3.05) is 53.2 Å². The van der Waals surface area contributed by atoms with Gasteiger partial charge in [-0.1, -0.05) is 30.3 Å². The van der Waals surface area contributed by atoms with Crippen LogP contribution in [0.2, 0.25) is 0 Å². The normalized spacial score (nSPS) is 21.1. The highest BCUT2D eigenvalue weighted by Gasteiger charge is 2.66. The molecule has 10 nitrogen and oxygen atoms in total. The highest BCUT2D eigenvalue weighted by atomic mass is 32.2. The summed E-state index contributed by atoms with van der Waals surface area (Å²) in [6.45, 7) is 0.706. The summed E-state index contributed by atoms with van der Waals surface area (Å²) in [5.41, 5.74) is -1.31. The number of carbonyl (C=O) groups is 3. The van der Waals surface area contributed by atoms with Crippen molar-refractivity contribution in [3.8, 4) is 0 Å². The lowest BCUT2D eigenvalue weighted by molar-refractivity contribution is -0.143. The molecule has 11 heteroatoms. The van der Waals surface area contributed by atoms with Crippen LogP contribution in [0.1, 0.15) is 17.5 Å². The first-order chi connectivity index (χ1) is 17.4. The Morgan fingerprint density at radius 3 is 2.32 bits per heavy atom. The van der Waals surface area contributed by atoms with E-state index in [4.69, 9.17) is 0 Å². The monoisotopic (exact) mass is 526 g/mol. The van der Waals surface area contributed by atoms with Gasteiger partial charge >= 0.3 is 0 Å². The molecule has 1 spiro atoms. The van der Waals surface area contributed by atoms with Gasteiger partial charge in [0.15, 0.2) is 5.54 Å². The van der Waals surface area contributed by atoms with Gasteiger partial charge in [-0.15, -0.1) is 0 Å². The molecule has 0 bridgehead atoms. The maximum absolute atomic E-state index is 14.0. The number of aliphatic hydroxyl groups is 1. The molecule has 0 aromatic heterocycles. The van der Waals surface area contributed by atoms with Gasteiger partial charge in [0.2, 0.25) is 10.0 Å². The summed E-state index contributed by atoms with van der Waals surface area (Å²) in [7, 11) is 4.22. The van der Waals surface area contributed by atoms with E-state index in [2.05, 4.69) is 0 Å². The van der Waals surface area contributed by atoms with Gasteiger partial charge in [0.25, 0.3) is 17.6 Å². The maximum atomic E-state index is 14.0. The van der Waals surface area contributed by atoms with Crippen LogP contribution >= 0.6 is 0 Å². The fraction of sp³-hybridized carbons (Fsp3) is 0.346. The van der Waals surface area contributed by atoms with Crippen molar-refractivity contribution >= 4 is 39.1 Å². The zero-order valence-corrected chi connectivity index (χ0v) is 22.2. The van der Waals surface area contributed by atoms with Gasteiger partial charge in [-0.05, 0) is 45.3 Å². The van der Waals surface area contributed by atoms with E-state index < -0.39 is 38.9 Å². The van der Waals surface area contributed by atoms with Crippen LogP contribution in [-0.2, 0) is 29.9 Å². The van der Waals surface area contributed by atoms with Gasteiger partial charge in [0.05, 0.1) is 10.5 Å². The Kier molecular flexibility index (Phi) is 6.74. The lowest BCUT2D eigenvalue weighted by Crippen LogP contribution is -2.51. The molecule has 2 aromatic carbocycles. The molecule has 0 saturated carbocycles. The Morgan fingerprint density at radius 2 is 1.68 bits per heavy atom. The second kappa shape index (κ2) is 9.40. The van der Waals surface area contributed by atoms with Crippen molar-refractivity contribution in [1.29, 1.82) is 0 Å². The molecule has 37 heavy (non-hydrogen) atoms. The van der Waals surface area contributed by atoms with Crippen molar-refractivity contribution < 1.29 is 27.9 Å². The molecule has 0 aliphatic carbocycles. The van der Waals surface area contributed by atoms with E-state index in [-0.39, 0.29) is 22.6 Å². The molecule has 1 atom stereocenters. The van der Waals surface area contributed by atoms with E-state index >= 15 is 0 Å². The largest absolute Gasteiger partial charge is 0.507 e. The zero-order chi connectivity index (χ0) is 27.3. The molecule has 2 aliphatic rings. The van der Waals surface area contributed by atoms with Gasteiger partial charge in [0.1, 0.15) is 5.76 Å². The molecule has 1 N–H and O–H groups in total. The van der Waals surface area contributed by atoms with E-state index in [1.54, 1.807) is 31.3 Å². The zero-order valence-electron chi connectivity index (χ0n) is 21.4. The second-order valence-electron chi connectivity index (χ2n) is 9.57. The Bertz CT molecular complexity index is 1430. The number of ketones is 1. The van der Waals surface area contributed by atoms with Gasteiger partial charge in [0, 0.05) is 44.5 Å². The van der Waals surface area contributed by atoms with Crippen LogP contribution < -0.4 is 4.90 Å². The first-order valence-electron chi connectivity index (χ1n) is 11.7. The summed E-state index contributed by atoms with van der Waals surface area (Å²) in [5, 5.41) is 11.5. The number of amides is 2. The number of hydrogen-bond donors (Lipinski definition) is 1. The number of likely N-dealkylation sites (N-methyl/N-ethyl adjacent to an activating group) is 1. The number of sulfonamides is 1. The third kappa shape index (κ3) is 3.94. The first kappa shape index (κ1) is 26.5. The van der Waals surface area contributed by atoms with Gasteiger partial charge in [-0.3, -0.25) is 14.4 Å². The summed E-state index contributed by atoms with van der Waals surface area (Å²) < 4.78 is 26.5. The number of fused-ring (bicyclic) bond motifs is 2. The number of anilines is 1. The highest BCUT2D eigenvalue weighted by Crippen LogP contribution is 2.53. The lowest BCUT2D eigenvalue weighted by atomic mass is 9.82. The standard InChI is InChI=1S/C26H30N4O6S/c1-27(2)14-9-15-30-24(33)23(32)21(26(30)19-12-6-7-13-20(19)29(5)25(26)34)22(31)17-10-8-11-18(16-17)37(35,36)28(3)4/h6-8,10-13,16,31H,9,14-15H2,1-5H3/b22-21+. The van der Waals surface area contributed by atoms with Crippen LogP contribution in [0.3, 0.4) is 0 Å². The molecular weight excluding hydrogens is 496 g/mol. The average molecular weight is 527 g/mol. The molecule has 2 heterocycles. The second-order valence-corrected chi connectivity index (χ2v) is 11.7. The minimum absolute atomic E-state index is 0.00780. The molecular formula is C26H30N4O6S. The van der Waals surface area contributed by atoms with Gasteiger partial charge < -0.3 is 19.8 Å². The van der Waals surface area contributed by atoms with E-state index in [9.17, 15) is 27.9 Å². The summed E-state index contributed by atoms with van der Waals surface area (Å²) in [6.07, 6.45) is 0.484. The van der Waals surface area contributed by atoms with E-state index in [1.807, 2.05) is 19.0 Å². The fourth-order valence-corrected chi connectivity index (χ4v) is 5.92. The Hall–Kier alpha value is -3.54. The quantitative estimate of drug-likeness (QED) is 0.330. The minimum Gasteiger partial charge on any atom is -0.507 e. The molecule has 4 rings (SSSR count). The smallest absolute Gasteiger partial charge is 0.296 e. The number of benzene rings is 2. The number of hydrogen-bond acceptors (Lipinski definition) is 7. The average Bonchev–Trinajstić information content (AvgIpc) is 3.22. The molecule has 1 fully saturated rings. The third-order valence-corrected chi connectivity index (χ3v) is 8.62. The molecule has 1 unspecified atom stereocenters. The van der Waals surface area contributed by atoms with Crippen LogP contribution in [0.4, 0.5) is 5.69 Å². The number of Topliss-reactive ketones (excluding diaryl/α,β-unsaturated/α-hetero) is 1. The van der Waals surface area contributed by atoms with Crippen molar-refractivity contribution in [3.05, 3.63) is 65.2 Å². The maximum Gasteiger partial charge on any atom is 0.296 e. The molecule has 0 radical (unpaired) electrons. The van der Waals surface area contributed by atoms with Crippen LogP contribution in [0.25, 0.3) is 5.76 Å². The summed E-state index contributed by atoms with van der Waals surface area (Å²) in [4.78, 5) is 45.3. The number of nitrogens with zero attached hydrogens (tertiary/aromatic N) is 4. The van der Waals surface area contributed by atoms with E-state index in [0.717, 1.165) is 4.31 Å². The highest BCUT2D eigenvalue weighted by molar-refractivity contribution is 7.89. The number of likely N-dealkylation sites (tertiary alicyclic amines) is 1. The van der Waals surface area contributed by atoms with Crippen LogP contribution in [0.5, 0.6) is 0 Å². The van der Waals surface area contributed by atoms with Gasteiger partial charge in [-0.25, -0.2) is 12.7 Å². The minimum atomic E-state index is -3.85. The Morgan fingerprint density at radius 1 is 1.00 bits per heavy atom. The Labute approximate surface area is 216 Å². The SMILES string of the molecule is CN(C)CCCN1C(=O)C(=O)/C(=C(\O)c2cccc(S(=O)(=O)N(C)C)c2)C12C(=O)N(C)c1ccccc12. The number of rotatable bonds is 7. The Balaban J connectivity index is 1.99. The molecule has 2 aromatic rings. The summed E-state index contributed by atoms with van der Waals surface area (Å²) >= 11 is 0. The van der Waals surface area contributed by atoms with Crippen molar-refractivity contribution in [1.82, 2.24) is 14.1 Å². The lowest BCUT2D eigenvalue weighted by Gasteiger charge is -2.34. The number of carbonyl (C=O) groups excluding carboxylic acids is 3. The first-order valence-corrected chi connectivity index (χ1v) is 13.2. The van der Waals surface area contributed by atoms with Crippen LogP contribution in [0, 0.1) is 0 Å². The summed E-state index contributed by atoms with van der Waals surface area (Å²) in [5.74, 6) is -3.04. The predicted octanol–water partition coefficient (Wildman–Crippen LogP) is 1.44. The number of aliphatic hydroxyl groups excluding tert-OH is 1. The summed E-state index contributed by atoms with van der Waals surface area (Å²) in [6, 6.07) is 12.3. The molecule has 2 aliphatic heterocycles. The van der Waals surface area contributed by atoms with Crippen molar-refractivity contribution in [3.63, 3.8) is 0 Å². The van der Waals surface area contributed by atoms with Crippen molar-refractivity contribution in [2.24, 2.45) is 0 Å². The molecule has 2 amide bonds. The van der Waals surface area contributed by atoms with Crippen molar-refractivity contribution in [2.45, 2.75) is 16.9 Å². The van der Waals surface area contributed by atoms with E-state index in [1.165, 1.54) is 48.2 Å². The molecule has 196 valence electrons. The van der Waals surface area contributed by atoms with Crippen LogP contribution in [-0.4, -0.2) is 93.6 Å². The predicted molar refractivity (Wildman–Crippen MR) is 138 cm³/mol. The van der Waals surface area contributed by atoms with Gasteiger partial charge in [-0.2, -0.15) is 0 Å². The topological polar surface area (TPSA) is 119 Å².